The highest BCUT2D eigenvalue weighted by molar-refractivity contribution is 7.91. The molecule has 0 fully saturated rings. The summed E-state index contributed by atoms with van der Waals surface area (Å²) in [4.78, 5) is 12.0. The Bertz CT molecular complexity index is 886. The zero-order chi connectivity index (χ0) is 20.2. The van der Waals surface area contributed by atoms with Crippen molar-refractivity contribution < 1.29 is 17.9 Å². The fraction of sp³-hybridized carbons (Fsp3) is 0.471. The van der Waals surface area contributed by atoms with Crippen molar-refractivity contribution in [1.29, 1.82) is 0 Å². The molecule has 0 aliphatic carbocycles. The lowest BCUT2D eigenvalue weighted by Crippen LogP contribution is -2.36. The minimum atomic E-state index is -3.86. The number of benzene rings is 1. The van der Waals surface area contributed by atoms with Crippen molar-refractivity contribution in [2.75, 3.05) is 11.9 Å². The molecule has 0 saturated heterocycles. The average molecular weight is 413 g/mol. The van der Waals surface area contributed by atoms with Gasteiger partial charge in [0.1, 0.15) is 12.4 Å². The van der Waals surface area contributed by atoms with Crippen LogP contribution in [0.2, 0.25) is 0 Å². The summed E-state index contributed by atoms with van der Waals surface area (Å²) in [6.45, 7) is 9.07. The summed E-state index contributed by atoms with van der Waals surface area (Å²) >= 11 is 0.797. The number of amides is 1. The highest BCUT2D eigenvalue weighted by Crippen LogP contribution is 2.23. The topological polar surface area (TPSA) is 110 Å². The minimum Gasteiger partial charge on any atom is -0.492 e. The van der Waals surface area contributed by atoms with Gasteiger partial charge in [-0.05, 0) is 26.0 Å². The van der Waals surface area contributed by atoms with E-state index in [-0.39, 0.29) is 22.0 Å². The molecule has 1 atom stereocenters. The van der Waals surface area contributed by atoms with Gasteiger partial charge in [0.25, 0.3) is 10.0 Å². The Morgan fingerprint density at radius 1 is 1.22 bits per heavy atom. The van der Waals surface area contributed by atoms with E-state index in [4.69, 9.17) is 4.74 Å². The zero-order valence-corrected chi connectivity index (χ0v) is 17.6. The van der Waals surface area contributed by atoms with Crippen LogP contribution in [0.1, 0.15) is 33.3 Å². The molecule has 0 saturated carbocycles. The van der Waals surface area contributed by atoms with E-state index < -0.39 is 21.5 Å². The van der Waals surface area contributed by atoms with Crippen LogP contribution in [0.4, 0.5) is 5.13 Å². The normalized spacial score (nSPS) is 13.2. The maximum absolute atomic E-state index is 12.4. The second-order valence-electron chi connectivity index (χ2n) is 7.22. The molecule has 1 aromatic carbocycles. The van der Waals surface area contributed by atoms with Crippen LogP contribution in [-0.2, 0) is 14.8 Å². The zero-order valence-electron chi connectivity index (χ0n) is 15.9. The molecule has 1 heterocycles. The lowest BCUT2D eigenvalue weighted by Gasteiger charge is -2.15. The van der Waals surface area contributed by atoms with Crippen molar-refractivity contribution in [1.82, 2.24) is 14.9 Å². The number of carbonyl (C=O) groups is 1. The molecule has 27 heavy (non-hydrogen) atoms. The van der Waals surface area contributed by atoms with Crippen LogP contribution in [0.15, 0.2) is 28.6 Å². The molecule has 1 aromatic heterocycles. The number of nitrogens with zero attached hydrogens (tertiary/aromatic N) is 2. The lowest BCUT2D eigenvalue weighted by atomic mass is 9.96. The average Bonchev–Trinajstić information content (AvgIpc) is 3.02. The molecule has 0 aliphatic heterocycles. The van der Waals surface area contributed by atoms with Gasteiger partial charge >= 0.3 is 0 Å². The number of sulfonamides is 1. The second kappa shape index (κ2) is 8.32. The quantitative estimate of drug-likeness (QED) is 0.676. The monoisotopic (exact) mass is 412 g/mol. The maximum atomic E-state index is 12.4. The second-order valence-corrected chi connectivity index (χ2v) is 10.1. The van der Waals surface area contributed by atoms with E-state index in [2.05, 4.69) is 20.2 Å². The molecule has 0 spiro atoms. The van der Waals surface area contributed by atoms with Crippen molar-refractivity contribution in [2.24, 2.45) is 5.41 Å². The van der Waals surface area contributed by atoms with Gasteiger partial charge in [0.15, 0.2) is 0 Å². The van der Waals surface area contributed by atoms with E-state index in [1.165, 1.54) is 0 Å². The van der Waals surface area contributed by atoms with Crippen molar-refractivity contribution in [3.05, 3.63) is 29.8 Å². The number of ether oxygens (including phenoxy) is 1. The summed E-state index contributed by atoms with van der Waals surface area (Å²) in [5, 5.41) is 10.1. The third kappa shape index (κ3) is 6.26. The molecule has 8 nitrogen and oxygen atoms in total. The Kier molecular flexibility index (Phi) is 6.55. The third-order valence-corrected chi connectivity index (χ3v) is 6.21. The molecule has 10 heteroatoms. The SMILES string of the molecule is Cc1ccc(OC[C@H](C)NS(=O)(=O)c2nnc(NC(=O)C(C)(C)C)s2)cc1. The minimum absolute atomic E-state index is 0.138. The maximum Gasteiger partial charge on any atom is 0.270 e. The number of aromatic nitrogens is 2. The van der Waals surface area contributed by atoms with Gasteiger partial charge in [0, 0.05) is 5.41 Å². The summed E-state index contributed by atoms with van der Waals surface area (Å²) in [5.74, 6) is 0.394. The van der Waals surface area contributed by atoms with Gasteiger partial charge < -0.3 is 10.1 Å². The van der Waals surface area contributed by atoms with Crippen molar-refractivity contribution in [2.45, 2.75) is 45.0 Å². The molecule has 2 N–H and O–H groups in total. The van der Waals surface area contributed by atoms with Crippen LogP contribution < -0.4 is 14.8 Å². The highest BCUT2D eigenvalue weighted by Gasteiger charge is 2.26. The van der Waals surface area contributed by atoms with Crippen LogP contribution in [-0.4, -0.2) is 37.2 Å². The van der Waals surface area contributed by atoms with Crippen LogP contribution in [0, 0.1) is 12.3 Å². The lowest BCUT2D eigenvalue weighted by molar-refractivity contribution is -0.123. The number of hydrogen-bond acceptors (Lipinski definition) is 7. The molecular weight excluding hydrogens is 388 g/mol. The smallest absolute Gasteiger partial charge is 0.270 e. The molecule has 148 valence electrons. The number of carbonyl (C=O) groups excluding carboxylic acids is 1. The number of aryl methyl sites for hydroxylation is 1. The summed E-state index contributed by atoms with van der Waals surface area (Å²) in [6.07, 6.45) is 0. The van der Waals surface area contributed by atoms with E-state index in [9.17, 15) is 13.2 Å². The van der Waals surface area contributed by atoms with Crippen LogP contribution in [0.25, 0.3) is 0 Å². The summed E-state index contributed by atoms with van der Waals surface area (Å²) in [7, 11) is -3.86. The van der Waals surface area contributed by atoms with Gasteiger partial charge in [0.05, 0.1) is 6.04 Å². The Morgan fingerprint density at radius 2 is 1.85 bits per heavy atom. The molecule has 0 bridgehead atoms. The first kappa shape index (κ1) is 21.3. The first-order chi connectivity index (χ1) is 12.5. The highest BCUT2D eigenvalue weighted by atomic mass is 32.2. The summed E-state index contributed by atoms with van der Waals surface area (Å²) in [6, 6.07) is 7.00. The molecule has 0 unspecified atom stereocenters. The fourth-order valence-electron chi connectivity index (χ4n) is 1.86. The number of rotatable bonds is 7. The Labute approximate surface area is 163 Å². The molecular formula is C17H24N4O4S2. The standard InChI is InChI=1S/C17H24N4O4S2/c1-11-6-8-13(9-7-11)25-10-12(2)21-27(23,24)16-20-19-15(26-16)18-14(22)17(3,4)5/h6-9,12,21H,10H2,1-5H3,(H,18,19,22)/t12-/m0/s1. The van der Waals surface area contributed by atoms with Gasteiger partial charge in [-0.25, -0.2) is 13.1 Å². The van der Waals surface area contributed by atoms with E-state index in [0.29, 0.717) is 5.75 Å². The fourth-order valence-corrected chi connectivity index (χ4v) is 4.00. The first-order valence-electron chi connectivity index (χ1n) is 8.34. The van der Waals surface area contributed by atoms with E-state index >= 15 is 0 Å². The van der Waals surface area contributed by atoms with Gasteiger partial charge in [0.2, 0.25) is 15.4 Å². The van der Waals surface area contributed by atoms with E-state index in [1.807, 2.05) is 31.2 Å². The predicted molar refractivity (Wildman–Crippen MR) is 104 cm³/mol. The molecule has 2 rings (SSSR count). The molecule has 0 radical (unpaired) electrons. The van der Waals surface area contributed by atoms with Gasteiger partial charge in [-0.15, -0.1) is 10.2 Å². The van der Waals surface area contributed by atoms with Crippen molar-refractivity contribution >= 4 is 32.4 Å². The first-order valence-corrected chi connectivity index (χ1v) is 10.6. The molecule has 0 aliphatic rings. The summed E-state index contributed by atoms with van der Waals surface area (Å²) < 4.78 is 32.7. The van der Waals surface area contributed by atoms with Gasteiger partial charge in [-0.2, -0.15) is 0 Å². The largest absolute Gasteiger partial charge is 0.492 e. The number of hydrogen-bond donors (Lipinski definition) is 2. The van der Waals surface area contributed by atoms with Crippen LogP contribution in [0.5, 0.6) is 5.75 Å². The summed E-state index contributed by atoms with van der Waals surface area (Å²) in [5.41, 5.74) is 0.492. The number of anilines is 1. The van der Waals surface area contributed by atoms with Crippen molar-refractivity contribution in [3.8, 4) is 5.75 Å². The van der Waals surface area contributed by atoms with Gasteiger partial charge in [-0.3, -0.25) is 4.79 Å². The predicted octanol–water partition coefficient (Wildman–Crippen LogP) is 2.58. The van der Waals surface area contributed by atoms with E-state index in [1.54, 1.807) is 27.7 Å². The van der Waals surface area contributed by atoms with Gasteiger partial charge in [-0.1, -0.05) is 49.8 Å². The molecule has 1 amide bonds. The number of nitrogens with one attached hydrogen (secondary N) is 2. The molecule has 2 aromatic rings. The third-order valence-electron chi connectivity index (χ3n) is 3.42. The Balaban J connectivity index is 1.95. The van der Waals surface area contributed by atoms with E-state index in [0.717, 1.165) is 16.9 Å². The van der Waals surface area contributed by atoms with Crippen molar-refractivity contribution in [3.63, 3.8) is 0 Å². The van der Waals surface area contributed by atoms with Crippen LogP contribution in [0.3, 0.4) is 0 Å². The Morgan fingerprint density at radius 3 is 2.44 bits per heavy atom. The Hall–Kier alpha value is -2.04. The van der Waals surface area contributed by atoms with Crippen LogP contribution >= 0.6 is 11.3 Å².